The van der Waals surface area contributed by atoms with Crippen LogP contribution in [0.2, 0.25) is 0 Å². The Morgan fingerprint density at radius 3 is 2.37 bits per heavy atom. The van der Waals surface area contributed by atoms with E-state index in [0.717, 1.165) is 6.08 Å². The number of aliphatic hydroxyl groups is 4. The molecule has 0 aromatic heterocycles. The third-order valence-electron chi connectivity index (χ3n) is 8.28. The number of hydrogen-bond donors (Lipinski definition) is 7. The number of nitrogen functional groups attached to an aromatic ring is 1. The molecule has 12 nitrogen and oxygen atoms in total. The summed E-state index contributed by atoms with van der Waals surface area (Å²) in [4.78, 5) is 33.8. The van der Waals surface area contributed by atoms with E-state index in [1.54, 1.807) is 21.0 Å². The topological polar surface area (TPSA) is 212 Å². The summed E-state index contributed by atoms with van der Waals surface area (Å²) in [7, 11) is 3.16. The van der Waals surface area contributed by atoms with Crippen molar-refractivity contribution >= 4 is 28.8 Å². The highest BCUT2D eigenvalue weighted by Gasteiger charge is 2.70. The van der Waals surface area contributed by atoms with Crippen molar-refractivity contribution in [1.82, 2.24) is 4.90 Å². The lowest BCUT2D eigenvalue weighted by molar-refractivity contribution is -0.186. The first kappa shape index (κ1) is 30.1. The first-order chi connectivity index (χ1) is 18.8. The number of carbonyl (C=O) groups excluding carboxylic acids is 2. The van der Waals surface area contributed by atoms with Gasteiger partial charge in [-0.25, -0.2) is 0 Å². The molecule has 1 saturated carbocycles. The van der Waals surface area contributed by atoms with Crippen molar-refractivity contribution in [2.75, 3.05) is 19.8 Å². The molecule has 1 amide bonds. The zero-order chi connectivity index (χ0) is 31.0. The molecular weight excluding hydrogens is 532 g/mol. The van der Waals surface area contributed by atoms with Gasteiger partial charge in [-0.05, 0) is 72.2 Å². The fraction of sp³-hybridized carbons (Fsp3) is 0.483. The average molecular weight is 571 g/mol. The maximum absolute atomic E-state index is 14.3. The largest absolute Gasteiger partial charge is 0.510 e. The van der Waals surface area contributed by atoms with E-state index in [9.17, 15) is 35.1 Å². The summed E-state index contributed by atoms with van der Waals surface area (Å²) in [6, 6.07) is 0.408. The Morgan fingerprint density at radius 1 is 1.24 bits per heavy atom. The van der Waals surface area contributed by atoms with Crippen LogP contribution in [-0.4, -0.2) is 84.8 Å². The number of Topliss-reactive ketones (excluding diaryl/α,β-unsaturated/α-hetero) is 1. The third kappa shape index (κ3) is 4.20. The number of phenolic OH excluding ortho intramolecular Hbond substituents is 1. The van der Waals surface area contributed by atoms with Crippen molar-refractivity contribution in [3.8, 4) is 5.75 Å². The van der Waals surface area contributed by atoms with E-state index in [1.165, 1.54) is 11.0 Å². The number of nitrogens with zero attached hydrogens (tertiary/aromatic N) is 2. The Labute approximate surface area is 237 Å². The maximum Gasteiger partial charge on any atom is 0.251 e. The van der Waals surface area contributed by atoms with Crippen LogP contribution >= 0.6 is 0 Å². The number of hydrogen-bond acceptors (Lipinski definition) is 11. The van der Waals surface area contributed by atoms with Crippen LogP contribution in [0.3, 0.4) is 0 Å². The van der Waals surface area contributed by atoms with Crippen molar-refractivity contribution in [3.05, 3.63) is 52.3 Å². The number of phenols is 1. The van der Waals surface area contributed by atoms with Gasteiger partial charge in [0.25, 0.3) is 5.91 Å². The first-order valence-electron chi connectivity index (χ1n) is 13.2. The Hall–Kier alpha value is -3.87. The minimum Gasteiger partial charge on any atom is -0.510 e. The molecule has 0 bridgehead atoms. The summed E-state index contributed by atoms with van der Waals surface area (Å²) in [5.74, 6) is -5.92. The monoisotopic (exact) mass is 570 g/mol. The van der Waals surface area contributed by atoms with E-state index in [2.05, 4.69) is 11.7 Å². The van der Waals surface area contributed by atoms with Gasteiger partial charge < -0.3 is 41.8 Å². The SMILES string of the molecule is C=C[C@]1(O)C(C(N)=O)=C(O)[C@@H](N(C)C)[C@@H]2C[C@@H]3Cc4c(/C(C)=N/OC(C)(C)C)cc(N)c(O)c4C(O)=C3C(=O)[C@@]21O. The number of primary amides is 1. The van der Waals surface area contributed by atoms with E-state index in [0.29, 0.717) is 16.8 Å². The van der Waals surface area contributed by atoms with Crippen molar-refractivity contribution < 1.29 is 40.0 Å². The number of rotatable bonds is 5. The van der Waals surface area contributed by atoms with Gasteiger partial charge in [-0.1, -0.05) is 17.8 Å². The van der Waals surface area contributed by atoms with Crippen LogP contribution in [-0.2, 0) is 20.8 Å². The molecule has 0 unspecified atom stereocenters. The summed E-state index contributed by atoms with van der Waals surface area (Å²) in [5, 5.41) is 61.7. The molecule has 1 aromatic carbocycles. The Bertz CT molecular complexity index is 1450. The van der Waals surface area contributed by atoms with Crippen LogP contribution in [0.25, 0.3) is 5.76 Å². The zero-order valence-electron chi connectivity index (χ0n) is 24.0. The molecule has 0 aliphatic heterocycles. The van der Waals surface area contributed by atoms with Gasteiger partial charge in [0.2, 0.25) is 0 Å². The zero-order valence-corrected chi connectivity index (χ0v) is 24.0. The van der Waals surface area contributed by atoms with Gasteiger partial charge in [-0.2, -0.15) is 0 Å². The third-order valence-corrected chi connectivity index (χ3v) is 8.28. The van der Waals surface area contributed by atoms with Crippen molar-refractivity contribution in [1.29, 1.82) is 0 Å². The Morgan fingerprint density at radius 2 is 1.85 bits per heavy atom. The lowest BCUT2D eigenvalue weighted by atomic mass is 9.52. The molecule has 0 heterocycles. The second-order valence-electron chi connectivity index (χ2n) is 12.2. The highest BCUT2D eigenvalue weighted by atomic mass is 16.6. The van der Waals surface area contributed by atoms with Crippen LogP contribution in [0.5, 0.6) is 5.75 Å². The molecule has 0 spiro atoms. The average Bonchev–Trinajstić information content (AvgIpc) is 2.85. The standard InChI is InChI=1S/C29H38N4O8/c1-8-28(39)20(26(31)38)24(36)21(33(6)7)16-10-13-9-15-14(12(2)32-41-27(3,4)5)11-17(30)22(34)19(15)23(35)18(13)25(37)29(16,28)40/h8,11,13,16,21,34-36,39-40H,1,9-10,30H2,2-7H3,(H2,31,38)/b32-12+/t13-,16-,21-,28-,29-/m0/s1. The second kappa shape index (κ2) is 9.61. The number of benzene rings is 1. The summed E-state index contributed by atoms with van der Waals surface area (Å²) < 4.78 is 0. The van der Waals surface area contributed by atoms with Crippen LogP contribution in [0.4, 0.5) is 5.69 Å². The van der Waals surface area contributed by atoms with E-state index in [-0.39, 0.29) is 29.7 Å². The lowest BCUT2D eigenvalue weighted by Gasteiger charge is -2.56. The number of anilines is 1. The summed E-state index contributed by atoms with van der Waals surface area (Å²) in [6.45, 7) is 10.7. The molecule has 9 N–H and O–H groups in total. The Balaban J connectivity index is 2.00. The lowest BCUT2D eigenvalue weighted by Crippen LogP contribution is -2.73. The predicted molar refractivity (Wildman–Crippen MR) is 152 cm³/mol. The molecule has 3 aliphatic carbocycles. The predicted octanol–water partition coefficient (Wildman–Crippen LogP) is 1.43. The molecule has 1 aromatic rings. The molecule has 5 atom stereocenters. The number of aliphatic hydroxyl groups excluding tert-OH is 2. The number of oxime groups is 1. The van der Waals surface area contributed by atoms with Gasteiger partial charge in [0.15, 0.2) is 17.0 Å². The fourth-order valence-electron chi connectivity index (χ4n) is 6.51. The normalized spacial score (nSPS) is 30.1. The molecule has 12 heteroatoms. The van der Waals surface area contributed by atoms with Crippen LogP contribution in [0.1, 0.15) is 50.8 Å². The number of carbonyl (C=O) groups is 2. The molecule has 4 rings (SSSR count). The van der Waals surface area contributed by atoms with Gasteiger partial charge in [0.05, 0.1) is 28.6 Å². The first-order valence-corrected chi connectivity index (χ1v) is 13.2. The van der Waals surface area contributed by atoms with Crippen molar-refractivity contribution in [2.24, 2.45) is 22.7 Å². The molecule has 0 saturated heterocycles. The highest BCUT2D eigenvalue weighted by molar-refractivity contribution is 6.13. The van der Waals surface area contributed by atoms with E-state index >= 15 is 0 Å². The van der Waals surface area contributed by atoms with Gasteiger partial charge in [-0.3, -0.25) is 14.5 Å². The van der Waals surface area contributed by atoms with Gasteiger partial charge in [-0.15, -0.1) is 0 Å². The number of fused-ring (bicyclic) bond motifs is 3. The van der Waals surface area contributed by atoms with Crippen LogP contribution in [0, 0.1) is 11.8 Å². The smallest absolute Gasteiger partial charge is 0.251 e. The molecule has 222 valence electrons. The molecule has 3 aliphatic rings. The minimum absolute atomic E-state index is 0.0184. The maximum atomic E-state index is 14.3. The number of nitrogens with two attached hydrogens (primary N) is 2. The van der Waals surface area contributed by atoms with Crippen molar-refractivity contribution in [3.63, 3.8) is 0 Å². The fourth-order valence-corrected chi connectivity index (χ4v) is 6.51. The van der Waals surface area contributed by atoms with Crippen molar-refractivity contribution in [2.45, 2.75) is 63.4 Å². The Kier molecular flexibility index (Phi) is 7.05. The number of ketones is 1. The minimum atomic E-state index is -2.79. The molecular formula is C29H38N4O8. The number of amides is 1. The van der Waals surface area contributed by atoms with E-state index in [4.69, 9.17) is 16.3 Å². The highest BCUT2D eigenvalue weighted by Crippen LogP contribution is 2.57. The van der Waals surface area contributed by atoms with E-state index < -0.39 is 69.2 Å². The van der Waals surface area contributed by atoms with Gasteiger partial charge in [0, 0.05) is 17.1 Å². The molecule has 0 radical (unpaired) electrons. The number of likely N-dealkylation sites (N-methyl/N-ethyl adjacent to an activating group) is 1. The van der Waals surface area contributed by atoms with Gasteiger partial charge >= 0.3 is 0 Å². The molecule has 1 fully saturated rings. The quantitative estimate of drug-likeness (QED) is 0.0889. The van der Waals surface area contributed by atoms with Gasteiger partial charge in [0.1, 0.15) is 22.9 Å². The second-order valence-corrected chi connectivity index (χ2v) is 12.2. The van der Waals surface area contributed by atoms with Crippen LogP contribution in [0.15, 0.2) is 40.8 Å². The summed E-state index contributed by atoms with van der Waals surface area (Å²) in [5.41, 5.74) is 5.58. The summed E-state index contributed by atoms with van der Waals surface area (Å²) in [6.07, 6.45) is 0.880. The molecule has 41 heavy (non-hydrogen) atoms. The number of aromatic hydroxyl groups is 1. The summed E-state index contributed by atoms with van der Waals surface area (Å²) >= 11 is 0. The van der Waals surface area contributed by atoms with Crippen LogP contribution < -0.4 is 11.5 Å². The van der Waals surface area contributed by atoms with E-state index in [1.807, 2.05) is 20.8 Å².